The quantitative estimate of drug-likeness (QED) is 0.00889. The monoisotopic (exact) mass is 1690 g/mol. The van der Waals surface area contributed by atoms with E-state index in [-0.39, 0.29) is 25.7 Å². The summed E-state index contributed by atoms with van der Waals surface area (Å²) in [5.74, 6) is -2.97. The Bertz CT molecular complexity index is 2530. The maximum Gasteiger partial charge on any atom is 0.472 e. The lowest BCUT2D eigenvalue weighted by molar-refractivity contribution is -0.360. The van der Waals surface area contributed by atoms with Crippen LogP contribution in [0.2, 0.25) is 0 Å². The number of phosphoric acid groups is 1. The van der Waals surface area contributed by atoms with Crippen LogP contribution in [-0.2, 0) is 70.7 Å². The van der Waals surface area contributed by atoms with Gasteiger partial charge >= 0.3 is 31.7 Å². The second-order valence-corrected chi connectivity index (χ2v) is 34.9. The number of phosphoric ester groups is 1. The van der Waals surface area contributed by atoms with Crippen LogP contribution in [0.25, 0.3) is 0 Å². The third kappa shape index (κ3) is 50.5. The molecule has 0 aromatic rings. The van der Waals surface area contributed by atoms with Crippen LogP contribution in [0.4, 0.5) is 0 Å². The Hall–Kier alpha value is -3.05. The van der Waals surface area contributed by atoms with Crippen LogP contribution in [0.5, 0.6) is 0 Å². The van der Waals surface area contributed by atoms with Crippen LogP contribution in [0.3, 0.4) is 0 Å². The lowest BCUT2D eigenvalue weighted by Gasteiger charge is -2.50. The molecule has 0 amide bonds. The predicted molar refractivity (Wildman–Crippen MR) is 453 cm³/mol. The van der Waals surface area contributed by atoms with Crippen molar-refractivity contribution in [1.82, 2.24) is 0 Å². The van der Waals surface area contributed by atoms with Gasteiger partial charge in [0, 0.05) is 25.7 Å². The summed E-state index contributed by atoms with van der Waals surface area (Å²) >= 11 is 0. The van der Waals surface area contributed by atoms with Crippen molar-refractivity contribution in [1.29, 1.82) is 0 Å². The number of unbranched alkanes of at least 4 members (excludes halogenated alkanes) is 48. The summed E-state index contributed by atoms with van der Waals surface area (Å²) in [6, 6.07) is 0. The van der Waals surface area contributed by atoms with Crippen molar-refractivity contribution in [2.24, 2.45) is 0 Å². The number of carbonyl (C=O) groups is 4. The predicted octanol–water partition coefficient (Wildman–Crippen LogP) is 17.3. The molecule has 2 heterocycles. The van der Waals surface area contributed by atoms with E-state index in [2.05, 4.69) is 52.0 Å². The third-order valence-corrected chi connectivity index (χ3v) is 23.9. The van der Waals surface area contributed by atoms with Crippen molar-refractivity contribution >= 4 is 31.7 Å². The second-order valence-electron chi connectivity index (χ2n) is 33.5. The molecule has 686 valence electrons. The lowest BCUT2D eigenvalue weighted by atomic mass is 9.84. The summed E-state index contributed by atoms with van der Waals surface area (Å²) in [7, 11) is -5.81. The van der Waals surface area contributed by atoms with Crippen LogP contribution >= 0.6 is 7.82 Å². The minimum absolute atomic E-state index is 0.00983. The Morgan fingerprint density at radius 3 is 1.03 bits per heavy atom. The van der Waals surface area contributed by atoms with Gasteiger partial charge in [-0.2, -0.15) is 0 Å². The standard InChI is InChI=1S/C91H167O25P/c1-5-9-13-17-21-25-29-33-36-40-43-47-51-55-59-63-74(93)107-68-71(110-76(95)65-61-57-53-49-46-42-38-35-31-27-23-19-15-11-7-3)69-109-117(105,106)116-89-87(114-90-84(103)80(99)78(97)72(67-92)111-90)83(102)82(101)86(113-77(96)66-62-58-54-50-45-39-32-28-24-20-16-12-8-4)88(89)115-91-85(104)81(100)79(98)73(112-91)70-108-75(94)64-60-56-52-48-44-41-37-34-30-26-22-18-14-10-6-2/h26-27,30-31,71-73,78-92,97-104H,5-25,28-29,32-70H2,1-4H3,(H,105,106)/b30-26-,31-27-. The average molecular weight is 1690 g/mol. The molecule has 117 heavy (non-hydrogen) atoms. The first-order valence-electron chi connectivity index (χ1n) is 47.1. The molecule has 0 aromatic heterocycles. The molecule has 3 aliphatic rings. The Kier molecular flexibility index (Phi) is 64.9. The van der Waals surface area contributed by atoms with Crippen molar-refractivity contribution < 1.29 is 122 Å². The fraction of sp³-hybridized carbons (Fsp3) is 0.912. The topological polar surface area (TPSA) is 380 Å². The van der Waals surface area contributed by atoms with E-state index in [1.165, 1.54) is 148 Å². The molecule has 26 heteroatoms. The normalized spacial score (nSPS) is 25.1. The number of esters is 4. The number of hydrogen-bond donors (Lipinski definition) is 10. The second kappa shape index (κ2) is 70.3. The zero-order valence-electron chi connectivity index (χ0n) is 73.0. The minimum Gasteiger partial charge on any atom is -0.463 e. The number of aliphatic hydroxyl groups is 9. The summed E-state index contributed by atoms with van der Waals surface area (Å²) in [5, 5.41) is 102. The maximum absolute atomic E-state index is 14.9. The molecule has 3 fully saturated rings. The number of hydrogen-bond acceptors (Lipinski definition) is 24. The zero-order valence-corrected chi connectivity index (χ0v) is 73.9. The van der Waals surface area contributed by atoms with Crippen molar-refractivity contribution in [3.05, 3.63) is 24.3 Å². The summed E-state index contributed by atoms with van der Waals surface area (Å²) in [4.78, 5) is 66.4. The highest BCUT2D eigenvalue weighted by Gasteiger charge is 2.60. The number of rotatable bonds is 76. The van der Waals surface area contributed by atoms with Crippen molar-refractivity contribution in [3.63, 3.8) is 0 Å². The maximum atomic E-state index is 14.9. The number of ether oxygens (including phenoxy) is 8. The molecule has 0 aromatic carbocycles. The van der Waals surface area contributed by atoms with Crippen molar-refractivity contribution in [3.8, 4) is 0 Å². The number of aliphatic hydroxyl groups excluding tert-OH is 9. The van der Waals surface area contributed by atoms with E-state index in [9.17, 15) is 74.6 Å². The van der Waals surface area contributed by atoms with Gasteiger partial charge in [-0.15, -0.1) is 0 Å². The zero-order chi connectivity index (χ0) is 85.4. The molecule has 18 atom stereocenters. The molecule has 18 unspecified atom stereocenters. The van der Waals surface area contributed by atoms with Gasteiger partial charge in [-0.05, 0) is 77.0 Å². The van der Waals surface area contributed by atoms with Gasteiger partial charge in [0.1, 0.15) is 92.6 Å². The van der Waals surface area contributed by atoms with Crippen LogP contribution < -0.4 is 0 Å². The van der Waals surface area contributed by atoms with Gasteiger partial charge in [0.15, 0.2) is 24.8 Å². The van der Waals surface area contributed by atoms with Crippen LogP contribution in [0.15, 0.2) is 24.3 Å². The van der Waals surface area contributed by atoms with Crippen molar-refractivity contribution in [2.75, 3.05) is 26.4 Å². The molecule has 2 saturated heterocycles. The molecule has 1 saturated carbocycles. The lowest BCUT2D eigenvalue weighted by Crippen LogP contribution is -2.70. The summed E-state index contributed by atoms with van der Waals surface area (Å²) in [6.45, 7) is 5.57. The highest BCUT2D eigenvalue weighted by Crippen LogP contribution is 2.49. The molecule has 3 rings (SSSR count). The van der Waals surface area contributed by atoms with E-state index in [0.29, 0.717) is 38.5 Å². The highest BCUT2D eigenvalue weighted by atomic mass is 31.2. The Morgan fingerprint density at radius 2 is 0.641 bits per heavy atom. The van der Waals surface area contributed by atoms with Crippen LogP contribution in [-0.4, -0.2) is 205 Å². The Labute approximate surface area is 704 Å². The van der Waals surface area contributed by atoms with E-state index >= 15 is 0 Å². The van der Waals surface area contributed by atoms with Gasteiger partial charge in [-0.3, -0.25) is 28.2 Å². The number of allylic oxidation sites excluding steroid dienone is 4. The molecule has 0 spiro atoms. The van der Waals surface area contributed by atoms with E-state index in [4.69, 9.17) is 46.9 Å². The molecule has 2 aliphatic heterocycles. The summed E-state index contributed by atoms with van der Waals surface area (Å²) in [6.07, 6.45) is 30.2. The first-order chi connectivity index (χ1) is 56.7. The molecule has 1 aliphatic carbocycles. The molecule has 10 N–H and O–H groups in total. The van der Waals surface area contributed by atoms with E-state index < -0.39 is 162 Å². The van der Waals surface area contributed by atoms with Gasteiger partial charge in [0.2, 0.25) is 0 Å². The Balaban J connectivity index is 1.91. The van der Waals surface area contributed by atoms with Gasteiger partial charge in [0.25, 0.3) is 0 Å². The minimum atomic E-state index is -5.81. The third-order valence-electron chi connectivity index (χ3n) is 22.9. The van der Waals surface area contributed by atoms with E-state index in [1.54, 1.807) is 0 Å². The average Bonchev–Trinajstić information content (AvgIpc) is 0.753. The molecule has 0 bridgehead atoms. The van der Waals surface area contributed by atoms with Crippen molar-refractivity contribution in [2.45, 2.75) is 504 Å². The van der Waals surface area contributed by atoms with Gasteiger partial charge in [-0.25, -0.2) is 4.57 Å². The van der Waals surface area contributed by atoms with Crippen LogP contribution in [0, 0.1) is 0 Å². The summed E-state index contributed by atoms with van der Waals surface area (Å²) < 4.78 is 73.4. The molecule has 0 radical (unpaired) electrons. The fourth-order valence-electron chi connectivity index (χ4n) is 15.4. The first-order valence-corrected chi connectivity index (χ1v) is 48.6. The molecular weight excluding hydrogens is 1520 g/mol. The van der Waals surface area contributed by atoms with Gasteiger partial charge in [-0.1, -0.05) is 322 Å². The Morgan fingerprint density at radius 1 is 0.333 bits per heavy atom. The van der Waals surface area contributed by atoms with Gasteiger partial charge in [0.05, 0.1) is 13.2 Å². The number of carbonyl (C=O) groups excluding carboxylic acids is 4. The van der Waals surface area contributed by atoms with Crippen LogP contribution in [0.1, 0.15) is 400 Å². The summed E-state index contributed by atoms with van der Waals surface area (Å²) in [5.41, 5.74) is 0. The fourth-order valence-corrected chi connectivity index (χ4v) is 16.4. The molecular formula is C91H167O25P. The van der Waals surface area contributed by atoms with E-state index in [1.807, 2.05) is 0 Å². The largest absolute Gasteiger partial charge is 0.472 e. The highest BCUT2D eigenvalue weighted by molar-refractivity contribution is 7.47. The SMILES string of the molecule is CCCCCC/C=C\CCCCCCCCCC(=O)OCC1OC(OC2C(OC(=O)CCCCCCCCCCCCCCC)C(O)C(O)C(OC3OC(CO)C(O)C(O)C3O)C2OP(=O)(O)OCC(COC(=O)CCCCCCCCCCCCCCCCC)OC(=O)CCCCCCCCC/C=C\CCCCCC)C(O)C(O)C1O. The van der Waals surface area contributed by atoms with E-state index in [0.717, 1.165) is 161 Å². The van der Waals surface area contributed by atoms with Gasteiger partial charge < -0.3 is 88.7 Å². The smallest absolute Gasteiger partial charge is 0.463 e. The first kappa shape index (κ1) is 108. The molecule has 25 nitrogen and oxygen atoms in total.